The Morgan fingerprint density at radius 2 is 1.48 bits per heavy atom. The molecule has 0 saturated carbocycles. The van der Waals surface area contributed by atoms with Crippen LogP contribution in [-0.2, 0) is 6.18 Å². The van der Waals surface area contributed by atoms with Crippen molar-refractivity contribution >= 4 is 5.78 Å². The van der Waals surface area contributed by atoms with Crippen LogP contribution in [0.1, 0.15) is 5.56 Å². The van der Waals surface area contributed by atoms with Gasteiger partial charge in [-0.05, 0) is 30.3 Å². The van der Waals surface area contributed by atoms with Crippen molar-refractivity contribution in [1.29, 1.82) is 0 Å². The predicted molar refractivity (Wildman–Crippen MR) is 106 cm³/mol. The highest BCUT2D eigenvalue weighted by molar-refractivity contribution is 5.69. The molecule has 0 aliphatic carbocycles. The molecule has 0 spiro atoms. The van der Waals surface area contributed by atoms with Gasteiger partial charge in [-0.2, -0.15) is 22.7 Å². The zero-order valence-corrected chi connectivity index (χ0v) is 16.8. The molecule has 2 heterocycles. The Labute approximate surface area is 175 Å². The van der Waals surface area contributed by atoms with Gasteiger partial charge in [0, 0.05) is 17.3 Å². The van der Waals surface area contributed by atoms with E-state index in [9.17, 15) is 13.2 Å². The summed E-state index contributed by atoms with van der Waals surface area (Å²) in [7, 11) is 4.51. The quantitative estimate of drug-likeness (QED) is 0.464. The minimum atomic E-state index is -4.40. The first-order valence-corrected chi connectivity index (χ1v) is 9.05. The number of fused-ring (bicyclic) bond motifs is 1. The minimum Gasteiger partial charge on any atom is -0.493 e. The molecule has 2 aromatic heterocycles. The molecule has 7 nitrogen and oxygen atoms in total. The van der Waals surface area contributed by atoms with Crippen LogP contribution in [0.4, 0.5) is 13.2 Å². The predicted octanol–water partition coefficient (Wildman–Crippen LogP) is 4.50. The molecular weight excluding hydrogens is 413 g/mol. The smallest absolute Gasteiger partial charge is 0.416 e. The Hall–Kier alpha value is -3.82. The number of methoxy groups -OCH3 is 3. The van der Waals surface area contributed by atoms with Gasteiger partial charge in [0.2, 0.25) is 5.75 Å². The topological polar surface area (TPSA) is 70.8 Å². The van der Waals surface area contributed by atoms with Crippen molar-refractivity contribution in [1.82, 2.24) is 19.6 Å². The summed E-state index contributed by atoms with van der Waals surface area (Å²) >= 11 is 0. The summed E-state index contributed by atoms with van der Waals surface area (Å²) in [4.78, 5) is 8.65. The highest BCUT2D eigenvalue weighted by atomic mass is 19.4. The monoisotopic (exact) mass is 430 g/mol. The van der Waals surface area contributed by atoms with E-state index in [4.69, 9.17) is 14.2 Å². The molecule has 0 radical (unpaired) electrons. The second-order valence-electron chi connectivity index (χ2n) is 6.47. The van der Waals surface area contributed by atoms with E-state index in [0.29, 0.717) is 45.7 Å². The highest BCUT2D eigenvalue weighted by Gasteiger charge is 2.30. The van der Waals surface area contributed by atoms with Crippen LogP contribution >= 0.6 is 0 Å². The second kappa shape index (κ2) is 7.78. The third kappa shape index (κ3) is 3.72. The first-order valence-electron chi connectivity index (χ1n) is 9.05. The van der Waals surface area contributed by atoms with Gasteiger partial charge in [-0.25, -0.2) is 4.98 Å². The maximum Gasteiger partial charge on any atom is 0.416 e. The van der Waals surface area contributed by atoms with Gasteiger partial charge in [0.1, 0.15) is 0 Å². The Balaban J connectivity index is 1.82. The van der Waals surface area contributed by atoms with Gasteiger partial charge in [0.15, 0.2) is 17.3 Å². The van der Waals surface area contributed by atoms with Crippen molar-refractivity contribution in [2.24, 2.45) is 0 Å². The number of benzene rings is 2. The fraction of sp³-hybridized carbons (Fsp3) is 0.190. The summed E-state index contributed by atoms with van der Waals surface area (Å²) in [6.45, 7) is 0. The van der Waals surface area contributed by atoms with Crippen LogP contribution in [0.5, 0.6) is 17.2 Å². The van der Waals surface area contributed by atoms with E-state index in [1.165, 1.54) is 44.2 Å². The zero-order chi connectivity index (χ0) is 22.2. The van der Waals surface area contributed by atoms with Crippen LogP contribution in [0.15, 0.2) is 48.7 Å². The molecule has 0 bridgehead atoms. The van der Waals surface area contributed by atoms with E-state index in [-0.39, 0.29) is 0 Å². The largest absolute Gasteiger partial charge is 0.493 e. The summed E-state index contributed by atoms with van der Waals surface area (Å²) in [6.07, 6.45) is -2.88. The van der Waals surface area contributed by atoms with Crippen molar-refractivity contribution in [3.05, 3.63) is 54.2 Å². The molecule has 2 aromatic carbocycles. The van der Waals surface area contributed by atoms with E-state index in [2.05, 4.69) is 15.1 Å². The Kier molecular flexibility index (Phi) is 5.14. The number of hydrogen-bond acceptors (Lipinski definition) is 6. The molecule has 31 heavy (non-hydrogen) atoms. The molecule has 0 saturated heterocycles. The maximum absolute atomic E-state index is 12.9. The number of nitrogens with zero attached hydrogens (tertiary/aromatic N) is 4. The van der Waals surface area contributed by atoms with Crippen LogP contribution in [-0.4, -0.2) is 40.9 Å². The fourth-order valence-electron chi connectivity index (χ4n) is 3.18. The summed E-state index contributed by atoms with van der Waals surface area (Å²) in [6, 6.07) is 9.89. The lowest BCUT2D eigenvalue weighted by Crippen LogP contribution is -2.04. The van der Waals surface area contributed by atoms with Crippen molar-refractivity contribution in [3.8, 4) is 39.9 Å². The van der Waals surface area contributed by atoms with E-state index >= 15 is 0 Å². The summed E-state index contributed by atoms with van der Waals surface area (Å²) in [5.41, 5.74) is 0.961. The van der Waals surface area contributed by atoms with E-state index < -0.39 is 11.7 Å². The maximum atomic E-state index is 12.9. The zero-order valence-electron chi connectivity index (χ0n) is 16.8. The van der Waals surface area contributed by atoms with Gasteiger partial charge in [0.25, 0.3) is 5.78 Å². The molecule has 10 heteroatoms. The number of aromatic nitrogens is 4. The molecular formula is C21H17F3N4O3. The van der Waals surface area contributed by atoms with Crippen LogP contribution in [0.2, 0.25) is 0 Å². The Bertz CT molecular complexity index is 1210. The molecule has 0 atom stereocenters. The highest BCUT2D eigenvalue weighted by Crippen LogP contribution is 2.40. The third-order valence-corrected chi connectivity index (χ3v) is 4.67. The SMILES string of the molecule is COc1cc(-c2nc3nccc(-c4ccc(C(F)(F)F)cc4)n3n2)cc(OC)c1OC. The first-order chi connectivity index (χ1) is 14.9. The normalized spacial score (nSPS) is 11.5. The molecule has 4 rings (SSSR count). The van der Waals surface area contributed by atoms with Crippen molar-refractivity contribution in [2.75, 3.05) is 21.3 Å². The molecule has 160 valence electrons. The number of rotatable bonds is 5. The number of ether oxygens (including phenoxy) is 3. The summed E-state index contributed by atoms with van der Waals surface area (Å²) in [5.74, 6) is 1.94. The average Bonchev–Trinajstić information content (AvgIpc) is 3.22. The van der Waals surface area contributed by atoms with Crippen molar-refractivity contribution in [2.45, 2.75) is 6.18 Å². The van der Waals surface area contributed by atoms with E-state index in [1.54, 1.807) is 18.2 Å². The second-order valence-corrected chi connectivity index (χ2v) is 6.47. The van der Waals surface area contributed by atoms with E-state index in [0.717, 1.165) is 12.1 Å². The summed E-state index contributed by atoms with van der Waals surface area (Å²) < 4.78 is 56.2. The lowest BCUT2D eigenvalue weighted by Gasteiger charge is -2.12. The molecule has 0 amide bonds. The van der Waals surface area contributed by atoms with Gasteiger partial charge in [-0.1, -0.05) is 12.1 Å². The van der Waals surface area contributed by atoms with Crippen LogP contribution in [0, 0.1) is 0 Å². The molecule has 0 fully saturated rings. The van der Waals surface area contributed by atoms with Gasteiger partial charge in [-0.15, -0.1) is 5.10 Å². The fourth-order valence-corrected chi connectivity index (χ4v) is 3.18. The number of alkyl halides is 3. The first kappa shape index (κ1) is 20.5. The molecule has 0 aliphatic rings. The van der Waals surface area contributed by atoms with Gasteiger partial charge in [0.05, 0.1) is 32.6 Å². The number of hydrogen-bond donors (Lipinski definition) is 0. The average molecular weight is 430 g/mol. The minimum absolute atomic E-state index is 0.293. The summed E-state index contributed by atoms with van der Waals surface area (Å²) in [5, 5.41) is 4.51. The van der Waals surface area contributed by atoms with Crippen molar-refractivity contribution in [3.63, 3.8) is 0 Å². The number of halogens is 3. The molecule has 0 unspecified atom stereocenters. The van der Waals surface area contributed by atoms with Crippen molar-refractivity contribution < 1.29 is 27.4 Å². The Morgan fingerprint density at radius 3 is 2.03 bits per heavy atom. The molecule has 4 aromatic rings. The van der Waals surface area contributed by atoms with Gasteiger partial charge in [-0.3, -0.25) is 0 Å². The van der Waals surface area contributed by atoms with E-state index in [1.807, 2.05) is 0 Å². The van der Waals surface area contributed by atoms with Crippen LogP contribution in [0.25, 0.3) is 28.4 Å². The van der Waals surface area contributed by atoms with Gasteiger partial charge < -0.3 is 14.2 Å². The lowest BCUT2D eigenvalue weighted by molar-refractivity contribution is -0.137. The van der Waals surface area contributed by atoms with Gasteiger partial charge >= 0.3 is 6.18 Å². The molecule has 0 aliphatic heterocycles. The third-order valence-electron chi connectivity index (χ3n) is 4.67. The van der Waals surface area contributed by atoms with Crippen LogP contribution in [0.3, 0.4) is 0 Å². The standard InChI is InChI=1S/C21H17F3N4O3/c1-29-16-10-13(11-17(30-2)18(16)31-3)19-26-20-25-9-8-15(28(20)27-19)12-4-6-14(7-5-12)21(22,23)24/h4-11H,1-3H3. The van der Waals surface area contributed by atoms with Crippen LogP contribution < -0.4 is 14.2 Å². The Morgan fingerprint density at radius 1 is 0.839 bits per heavy atom. The molecule has 0 N–H and O–H groups in total. The lowest BCUT2D eigenvalue weighted by atomic mass is 10.1.